The van der Waals surface area contributed by atoms with Crippen molar-refractivity contribution < 1.29 is 19.1 Å². The number of hydrogen-bond donors (Lipinski definition) is 1. The van der Waals surface area contributed by atoms with E-state index in [-0.39, 0.29) is 18.2 Å². The lowest BCUT2D eigenvalue weighted by Crippen LogP contribution is -2.29. The van der Waals surface area contributed by atoms with Crippen molar-refractivity contribution in [2.75, 3.05) is 31.0 Å². The van der Waals surface area contributed by atoms with Crippen LogP contribution in [0.25, 0.3) is 0 Å². The van der Waals surface area contributed by atoms with Crippen molar-refractivity contribution in [2.45, 2.75) is 33.1 Å². The highest BCUT2D eigenvalue weighted by Crippen LogP contribution is 2.36. The monoisotopic (exact) mass is 396 g/mol. The van der Waals surface area contributed by atoms with Crippen molar-refractivity contribution in [3.63, 3.8) is 0 Å². The summed E-state index contributed by atoms with van der Waals surface area (Å²) < 4.78 is 10.6. The van der Waals surface area contributed by atoms with E-state index >= 15 is 0 Å². The van der Waals surface area contributed by atoms with Gasteiger partial charge in [-0.05, 0) is 36.1 Å². The van der Waals surface area contributed by atoms with Gasteiger partial charge in [-0.2, -0.15) is 0 Å². The van der Waals surface area contributed by atoms with Gasteiger partial charge < -0.3 is 19.7 Å². The highest BCUT2D eigenvalue weighted by atomic mass is 16.5. The van der Waals surface area contributed by atoms with Crippen molar-refractivity contribution in [1.29, 1.82) is 0 Å². The molecule has 3 rings (SSSR count). The lowest BCUT2D eigenvalue weighted by Gasteiger charge is -2.20. The van der Waals surface area contributed by atoms with Gasteiger partial charge in [-0.3, -0.25) is 9.59 Å². The Hall–Kier alpha value is -3.02. The Morgan fingerprint density at radius 2 is 1.79 bits per heavy atom. The zero-order valence-electron chi connectivity index (χ0n) is 17.5. The fraction of sp³-hybridized carbons (Fsp3) is 0.391. The first-order chi connectivity index (χ1) is 14.0. The first-order valence-corrected chi connectivity index (χ1v) is 9.96. The second kappa shape index (κ2) is 8.99. The average molecular weight is 396 g/mol. The van der Waals surface area contributed by atoms with Gasteiger partial charge in [0.25, 0.3) is 0 Å². The van der Waals surface area contributed by atoms with Crippen LogP contribution in [0.2, 0.25) is 0 Å². The van der Waals surface area contributed by atoms with E-state index in [0.717, 1.165) is 29.7 Å². The van der Waals surface area contributed by atoms with Crippen LogP contribution < -0.4 is 19.7 Å². The normalized spacial score (nSPS) is 16.1. The number of nitrogens with zero attached hydrogens (tertiary/aromatic N) is 1. The predicted octanol–water partition coefficient (Wildman–Crippen LogP) is 3.82. The van der Waals surface area contributed by atoms with Crippen LogP contribution in [0.5, 0.6) is 11.5 Å². The Morgan fingerprint density at radius 3 is 2.38 bits per heavy atom. The van der Waals surface area contributed by atoms with Crippen molar-refractivity contribution >= 4 is 23.2 Å². The molecule has 1 atom stereocenters. The van der Waals surface area contributed by atoms with Gasteiger partial charge in [-0.1, -0.05) is 32.0 Å². The molecule has 1 N–H and O–H groups in total. The number of ether oxygens (including phenoxy) is 2. The van der Waals surface area contributed by atoms with E-state index in [1.54, 1.807) is 37.3 Å². The summed E-state index contributed by atoms with van der Waals surface area (Å²) in [7, 11) is 3.13. The van der Waals surface area contributed by atoms with E-state index in [1.165, 1.54) is 0 Å². The van der Waals surface area contributed by atoms with Crippen LogP contribution in [0.1, 0.15) is 31.4 Å². The number of aryl methyl sites for hydroxylation is 2. The number of carbonyl (C=O) groups excluding carboxylic acids is 2. The summed E-state index contributed by atoms with van der Waals surface area (Å²) in [6, 6.07) is 11.4. The summed E-state index contributed by atoms with van der Waals surface area (Å²) >= 11 is 0. The molecule has 0 radical (unpaired) electrons. The van der Waals surface area contributed by atoms with E-state index in [0.29, 0.717) is 23.7 Å². The summed E-state index contributed by atoms with van der Waals surface area (Å²) in [5.41, 5.74) is 3.75. The van der Waals surface area contributed by atoms with Crippen LogP contribution in [0, 0.1) is 5.92 Å². The predicted molar refractivity (Wildman–Crippen MR) is 114 cm³/mol. The molecule has 1 unspecified atom stereocenters. The number of para-hydroxylation sites is 1. The Labute approximate surface area is 171 Å². The number of carbonyl (C=O) groups is 2. The second-order valence-corrected chi connectivity index (χ2v) is 7.09. The van der Waals surface area contributed by atoms with Crippen LogP contribution >= 0.6 is 0 Å². The smallest absolute Gasteiger partial charge is 0.229 e. The third-order valence-electron chi connectivity index (χ3n) is 5.42. The highest BCUT2D eigenvalue weighted by molar-refractivity contribution is 6.04. The molecule has 6 nitrogen and oxygen atoms in total. The number of methoxy groups -OCH3 is 2. The van der Waals surface area contributed by atoms with Gasteiger partial charge in [0.1, 0.15) is 11.5 Å². The Morgan fingerprint density at radius 1 is 1.10 bits per heavy atom. The van der Waals surface area contributed by atoms with E-state index < -0.39 is 5.92 Å². The Bertz CT molecular complexity index is 887. The quantitative estimate of drug-likeness (QED) is 0.773. The van der Waals surface area contributed by atoms with Gasteiger partial charge in [0.15, 0.2) is 0 Å². The highest BCUT2D eigenvalue weighted by Gasteiger charge is 2.36. The van der Waals surface area contributed by atoms with Crippen LogP contribution in [0.4, 0.5) is 11.4 Å². The summed E-state index contributed by atoms with van der Waals surface area (Å²) in [6.45, 7) is 4.46. The van der Waals surface area contributed by atoms with E-state index in [9.17, 15) is 9.59 Å². The first-order valence-electron chi connectivity index (χ1n) is 9.96. The molecular weight excluding hydrogens is 368 g/mol. The van der Waals surface area contributed by atoms with Gasteiger partial charge in [0.05, 0.1) is 25.8 Å². The standard InChI is InChI=1S/C23H28N2O4/c1-5-15-8-7-9-16(6-2)22(15)24-23(27)17-12-21(26)25(14-17)19-11-10-18(28-3)13-20(19)29-4/h7-11,13,17H,5-6,12,14H2,1-4H3,(H,24,27). The molecule has 2 aromatic carbocycles. The van der Waals surface area contributed by atoms with Gasteiger partial charge >= 0.3 is 0 Å². The Balaban J connectivity index is 1.80. The fourth-order valence-corrected chi connectivity index (χ4v) is 3.75. The van der Waals surface area contributed by atoms with Crippen molar-refractivity contribution in [3.05, 3.63) is 47.5 Å². The minimum absolute atomic E-state index is 0.0897. The minimum Gasteiger partial charge on any atom is -0.497 e. The Kier molecular flexibility index (Phi) is 6.42. The number of benzene rings is 2. The average Bonchev–Trinajstić information content (AvgIpc) is 3.14. The zero-order chi connectivity index (χ0) is 21.0. The minimum atomic E-state index is -0.413. The van der Waals surface area contributed by atoms with E-state index in [4.69, 9.17) is 9.47 Å². The lowest BCUT2D eigenvalue weighted by molar-refractivity contribution is -0.122. The maximum atomic E-state index is 13.0. The number of rotatable bonds is 7. The third-order valence-corrected chi connectivity index (χ3v) is 5.42. The van der Waals surface area contributed by atoms with Crippen LogP contribution in [0.3, 0.4) is 0 Å². The first kappa shape index (κ1) is 20.7. The fourth-order valence-electron chi connectivity index (χ4n) is 3.75. The van der Waals surface area contributed by atoms with Crippen LogP contribution in [0.15, 0.2) is 36.4 Å². The molecule has 6 heteroatoms. The van der Waals surface area contributed by atoms with Gasteiger partial charge in [0.2, 0.25) is 11.8 Å². The van der Waals surface area contributed by atoms with Gasteiger partial charge in [-0.25, -0.2) is 0 Å². The molecule has 0 spiro atoms. The summed E-state index contributed by atoms with van der Waals surface area (Å²) in [4.78, 5) is 27.3. The number of nitrogens with one attached hydrogen (secondary N) is 1. The van der Waals surface area contributed by atoms with Gasteiger partial charge in [-0.15, -0.1) is 0 Å². The van der Waals surface area contributed by atoms with Gasteiger partial charge in [0, 0.05) is 24.7 Å². The topological polar surface area (TPSA) is 67.9 Å². The maximum absolute atomic E-state index is 13.0. The van der Waals surface area contributed by atoms with E-state index in [2.05, 4.69) is 19.2 Å². The molecule has 1 aliphatic heterocycles. The summed E-state index contributed by atoms with van der Waals surface area (Å²) in [5, 5.41) is 3.09. The molecule has 1 saturated heterocycles. The molecule has 29 heavy (non-hydrogen) atoms. The molecule has 2 amide bonds. The van der Waals surface area contributed by atoms with Crippen molar-refractivity contribution in [2.24, 2.45) is 5.92 Å². The summed E-state index contributed by atoms with van der Waals surface area (Å²) in [5.74, 6) is 0.569. The van der Waals surface area contributed by atoms with Crippen molar-refractivity contribution in [1.82, 2.24) is 0 Å². The molecule has 0 saturated carbocycles. The second-order valence-electron chi connectivity index (χ2n) is 7.09. The third kappa shape index (κ3) is 4.21. The molecule has 2 aromatic rings. The number of amides is 2. The molecule has 0 bridgehead atoms. The van der Waals surface area contributed by atoms with Crippen molar-refractivity contribution in [3.8, 4) is 11.5 Å². The summed E-state index contributed by atoms with van der Waals surface area (Å²) in [6.07, 6.45) is 1.85. The zero-order valence-corrected chi connectivity index (χ0v) is 17.5. The molecule has 1 aliphatic rings. The molecule has 1 fully saturated rings. The lowest BCUT2D eigenvalue weighted by atomic mass is 10.0. The SMILES string of the molecule is CCc1cccc(CC)c1NC(=O)C1CC(=O)N(c2ccc(OC)cc2OC)C1. The van der Waals surface area contributed by atoms with E-state index in [1.807, 2.05) is 18.2 Å². The number of anilines is 2. The molecule has 0 aromatic heterocycles. The molecule has 0 aliphatic carbocycles. The van der Waals surface area contributed by atoms with Crippen LogP contribution in [-0.4, -0.2) is 32.6 Å². The maximum Gasteiger partial charge on any atom is 0.229 e. The van der Waals surface area contributed by atoms with Crippen LogP contribution in [-0.2, 0) is 22.4 Å². The molecule has 154 valence electrons. The molecular formula is C23H28N2O4. The number of hydrogen-bond acceptors (Lipinski definition) is 4. The largest absolute Gasteiger partial charge is 0.497 e. The molecule has 1 heterocycles.